The first-order valence-corrected chi connectivity index (χ1v) is 6.62. The Bertz CT molecular complexity index is 477. The second-order valence-electron chi connectivity index (χ2n) is 4.44. The van der Waals surface area contributed by atoms with E-state index in [2.05, 4.69) is 17.6 Å². The molecule has 1 aromatic carbocycles. The van der Waals surface area contributed by atoms with Gasteiger partial charge in [-0.1, -0.05) is 26.2 Å². The molecule has 0 atom stereocenters. The number of urea groups is 1. The van der Waals surface area contributed by atoms with Gasteiger partial charge in [-0.2, -0.15) is 0 Å². The number of anilines is 1. The zero-order valence-corrected chi connectivity index (χ0v) is 11.4. The Balaban J connectivity index is 2.44. The van der Waals surface area contributed by atoms with Gasteiger partial charge in [0.25, 0.3) is 0 Å². The van der Waals surface area contributed by atoms with Crippen molar-refractivity contribution < 1.29 is 19.1 Å². The molecule has 0 aliphatic rings. The van der Waals surface area contributed by atoms with E-state index in [9.17, 15) is 14.0 Å². The maximum atomic E-state index is 13.6. The van der Waals surface area contributed by atoms with E-state index in [1.165, 1.54) is 12.1 Å². The fourth-order valence-electron chi connectivity index (χ4n) is 1.67. The molecule has 1 aromatic rings. The van der Waals surface area contributed by atoms with Crippen molar-refractivity contribution in [1.29, 1.82) is 0 Å². The molecule has 0 spiro atoms. The minimum absolute atomic E-state index is 0.0407. The summed E-state index contributed by atoms with van der Waals surface area (Å²) in [6.45, 7) is 2.63. The normalized spacial score (nSPS) is 10.1. The van der Waals surface area contributed by atoms with Crippen molar-refractivity contribution in [2.75, 3.05) is 11.9 Å². The third-order valence-electron chi connectivity index (χ3n) is 2.78. The number of rotatable bonds is 7. The van der Waals surface area contributed by atoms with Crippen LogP contribution >= 0.6 is 0 Å². The van der Waals surface area contributed by atoms with Gasteiger partial charge in [0.05, 0.1) is 11.3 Å². The molecule has 0 saturated heterocycles. The van der Waals surface area contributed by atoms with Crippen LogP contribution in [0.5, 0.6) is 0 Å². The number of aromatic carboxylic acids is 1. The van der Waals surface area contributed by atoms with Crippen LogP contribution < -0.4 is 10.6 Å². The van der Waals surface area contributed by atoms with Gasteiger partial charge in [0.2, 0.25) is 0 Å². The molecular formula is C14H19FN2O3. The number of halogens is 1. The molecule has 6 heteroatoms. The standard InChI is InChI=1S/C14H19FN2O3/c1-2-3-4-5-8-16-14(20)17-12-7-6-10(13(18)19)9-11(12)15/h6-7,9H,2-5,8H2,1H3,(H,18,19)(H2,16,17,20). The highest BCUT2D eigenvalue weighted by Gasteiger charge is 2.10. The lowest BCUT2D eigenvalue weighted by atomic mass is 10.2. The lowest BCUT2D eigenvalue weighted by Gasteiger charge is -2.08. The second-order valence-corrected chi connectivity index (χ2v) is 4.44. The van der Waals surface area contributed by atoms with Crippen LogP contribution in [0.2, 0.25) is 0 Å². The predicted octanol–water partition coefficient (Wildman–Crippen LogP) is 3.23. The first-order valence-electron chi connectivity index (χ1n) is 6.62. The largest absolute Gasteiger partial charge is 0.478 e. The molecule has 0 aromatic heterocycles. The van der Waals surface area contributed by atoms with Crippen molar-refractivity contribution in [2.45, 2.75) is 32.6 Å². The smallest absolute Gasteiger partial charge is 0.335 e. The molecule has 0 saturated carbocycles. The summed E-state index contributed by atoms with van der Waals surface area (Å²) in [5, 5.41) is 13.7. The molecule has 0 heterocycles. The van der Waals surface area contributed by atoms with Gasteiger partial charge in [0, 0.05) is 6.54 Å². The van der Waals surface area contributed by atoms with Gasteiger partial charge in [-0.3, -0.25) is 0 Å². The van der Waals surface area contributed by atoms with Crippen LogP contribution in [0.3, 0.4) is 0 Å². The van der Waals surface area contributed by atoms with E-state index in [1.807, 2.05) is 0 Å². The van der Waals surface area contributed by atoms with Crippen molar-refractivity contribution in [1.82, 2.24) is 5.32 Å². The van der Waals surface area contributed by atoms with Gasteiger partial charge in [-0.15, -0.1) is 0 Å². The third-order valence-corrected chi connectivity index (χ3v) is 2.78. The Morgan fingerprint density at radius 3 is 2.60 bits per heavy atom. The fourth-order valence-corrected chi connectivity index (χ4v) is 1.67. The van der Waals surface area contributed by atoms with Crippen molar-refractivity contribution in [2.24, 2.45) is 0 Å². The number of hydrogen-bond donors (Lipinski definition) is 3. The van der Waals surface area contributed by atoms with E-state index in [4.69, 9.17) is 5.11 Å². The van der Waals surface area contributed by atoms with Crippen LogP contribution in [-0.2, 0) is 0 Å². The Labute approximate surface area is 117 Å². The Hall–Kier alpha value is -2.11. The molecule has 0 aliphatic heterocycles. The summed E-state index contributed by atoms with van der Waals surface area (Å²) in [5.74, 6) is -1.98. The number of nitrogens with one attached hydrogen (secondary N) is 2. The number of carbonyl (C=O) groups is 2. The molecule has 110 valence electrons. The van der Waals surface area contributed by atoms with Crippen molar-refractivity contribution in [3.05, 3.63) is 29.6 Å². The summed E-state index contributed by atoms with van der Waals surface area (Å²) in [5.41, 5.74) is -0.200. The van der Waals surface area contributed by atoms with Gasteiger partial charge < -0.3 is 15.7 Å². The van der Waals surface area contributed by atoms with E-state index < -0.39 is 17.8 Å². The number of amides is 2. The first-order chi connectivity index (χ1) is 9.54. The van der Waals surface area contributed by atoms with Gasteiger partial charge in [0.15, 0.2) is 0 Å². The average molecular weight is 282 g/mol. The minimum Gasteiger partial charge on any atom is -0.478 e. The molecule has 20 heavy (non-hydrogen) atoms. The van der Waals surface area contributed by atoms with Gasteiger partial charge in [-0.25, -0.2) is 14.0 Å². The minimum atomic E-state index is -1.21. The quantitative estimate of drug-likeness (QED) is 0.672. The topological polar surface area (TPSA) is 78.4 Å². The number of carboxylic acids is 1. The van der Waals surface area contributed by atoms with E-state index >= 15 is 0 Å². The molecule has 0 fully saturated rings. The summed E-state index contributed by atoms with van der Waals surface area (Å²) < 4.78 is 13.6. The molecule has 5 nitrogen and oxygen atoms in total. The first kappa shape index (κ1) is 15.9. The van der Waals surface area contributed by atoms with Crippen LogP contribution in [-0.4, -0.2) is 23.7 Å². The fraction of sp³-hybridized carbons (Fsp3) is 0.429. The van der Waals surface area contributed by atoms with Crippen LogP contribution in [0, 0.1) is 5.82 Å². The van der Waals surface area contributed by atoms with Crippen molar-refractivity contribution in [3.63, 3.8) is 0 Å². The van der Waals surface area contributed by atoms with Gasteiger partial charge in [0.1, 0.15) is 5.82 Å². The number of unbranched alkanes of at least 4 members (excludes halogenated alkanes) is 3. The number of carbonyl (C=O) groups excluding carboxylic acids is 1. The van der Waals surface area contributed by atoms with Crippen LogP contribution in [0.4, 0.5) is 14.9 Å². The molecule has 0 radical (unpaired) electrons. The monoisotopic (exact) mass is 282 g/mol. The highest BCUT2D eigenvalue weighted by atomic mass is 19.1. The second kappa shape index (κ2) is 8.14. The van der Waals surface area contributed by atoms with E-state index in [0.717, 1.165) is 31.7 Å². The predicted molar refractivity (Wildman–Crippen MR) is 74.5 cm³/mol. The lowest BCUT2D eigenvalue weighted by molar-refractivity contribution is 0.0696. The van der Waals surface area contributed by atoms with Gasteiger partial charge >= 0.3 is 12.0 Å². The molecule has 0 aliphatic carbocycles. The van der Waals surface area contributed by atoms with Crippen LogP contribution in [0.25, 0.3) is 0 Å². The molecule has 1 rings (SSSR count). The third kappa shape index (κ3) is 5.26. The summed E-state index contributed by atoms with van der Waals surface area (Å²) in [6, 6.07) is 2.85. The van der Waals surface area contributed by atoms with Gasteiger partial charge in [-0.05, 0) is 24.6 Å². The summed E-state index contributed by atoms with van der Waals surface area (Å²) in [6.07, 6.45) is 4.15. The van der Waals surface area contributed by atoms with E-state index in [-0.39, 0.29) is 11.3 Å². The molecule has 0 bridgehead atoms. The van der Waals surface area contributed by atoms with Crippen molar-refractivity contribution in [3.8, 4) is 0 Å². The summed E-state index contributed by atoms with van der Waals surface area (Å²) >= 11 is 0. The summed E-state index contributed by atoms with van der Waals surface area (Å²) in [4.78, 5) is 22.2. The van der Waals surface area contributed by atoms with E-state index in [1.54, 1.807) is 0 Å². The maximum absolute atomic E-state index is 13.6. The number of hydrogen-bond acceptors (Lipinski definition) is 2. The Morgan fingerprint density at radius 1 is 1.25 bits per heavy atom. The van der Waals surface area contributed by atoms with Crippen LogP contribution in [0.15, 0.2) is 18.2 Å². The Kier molecular flexibility index (Phi) is 6.49. The Morgan fingerprint density at radius 2 is 2.00 bits per heavy atom. The molecule has 3 N–H and O–H groups in total. The molecule has 0 unspecified atom stereocenters. The zero-order chi connectivity index (χ0) is 15.0. The molecular weight excluding hydrogens is 263 g/mol. The number of carboxylic acid groups (broad SMARTS) is 1. The van der Waals surface area contributed by atoms with Crippen LogP contribution in [0.1, 0.15) is 43.0 Å². The van der Waals surface area contributed by atoms with E-state index in [0.29, 0.717) is 6.54 Å². The highest BCUT2D eigenvalue weighted by molar-refractivity contribution is 5.91. The maximum Gasteiger partial charge on any atom is 0.335 e. The highest BCUT2D eigenvalue weighted by Crippen LogP contribution is 2.15. The SMILES string of the molecule is CCCCCCNC(=O)Nc1ccc(C(=O)O)cc1F. The van der Waals surface area contributed by atoms with Crippen molar-refractivity contribution >= 4 is 17.7 Å². The summed E-state index contributed by atoms with van der Waals surface area (Å²) in [7, 11) is 0. The average Bonchev–Trinajstić information content (AvgIpc) is 2.40. The number of benzene rings is 1. The zero-order valence-electron chi connectivity index (χ0n) is 11.4. The molecule has 2 amide bonds. The lowest BCUT2D eigenvalue weighted by Crippen LogP contribution is -2.29.